The summed E-state index contributed by atoms with van der Waals surface area (Å²) < 4.78 is 5.32. The molecule has 1 saturated carbocycles. The Hall–Kier alpha value is -0.120. The van der Waals surface area contributed by atoms with Gasteiger partial charge in [-0.2, -0.15) is 0 Å². The zero-order valence-corrected chi connectivity index (χ0v) is 9.04. The van der Waals surface area contributed by atoms with Crippen molar-refractivity contribution in [3.8, 4) is 0 Å². The molecule has 0 aromatic rings. The zero-order valence-electron chi connectivity index (χ0n) is 9.04. The summed E-state index contributed by atoms with van der Waals surface area (Å²) in [5.74, 6) is 0. The third kappa shape index (κ3) is 2.27. The van der Waals surface area contributed by atoms with Gasteiger partial charge in [0, 0.05) is 26.7 Å². The fourth-order valence-corrected chi connectivity index (χ4v) is 2.74. The van der Waals surface area contributed by atoms with Gasteiger partial charge in [0.05, 0.1) is 11.7 Å². The summed E-state index contributed by atoms with van der Waals surface area (Å²) in [6.45, 7) is 2.94. The van der Waals surface area contributed by atoms with Gasteiger partial charge in [0.25, 0.3) is 0 Å². The number of rotatable bonds is 3. The predicted molar refractivity (Wildman–Crippen MR) is 55.3 cm³/mol. The first kappa shape index (κ1) is 10.4. The second-order valence-corrected chi connectivity index (χ2v) is 4.81. The van der Waals surface area contributed by atoms with Crippen LogP contribution in [0.4, 0.5) is 0 Å². The van der Waals surface area contributed by atoms with Gasteiger partial charge in [0.2, 0.25) is 0 Å². The molecule has 1 aliphatic heterocycles. The van der Waals surface area contributed by atoms with Gasteiger partial charge in [-0.25, -0.2) is 0 Å². The normalized spacial score (nSPS) is 32.6. The number of methoxy groups -OCH3 is 1. The second kappa shape index (κ2) is 4.17. The maximum Gasteiger partial charge on any atom is 0.0774 e. The molecular weight excluding hydrogens is 178 g/mol. The molecule has 2 fully saturated rings. The third-order valence-corrected chi connectivity index (χ3v) is 3.61. The Labute approximate surface area is 86.0 Å². The van der Waals surface area contributed by atoms with Crippen molar-refractivity contribution in [1.82, 2.24) is 4.90 Å². The highest BCUT2D eigenvalue weighted by molar-refractivity contribution is 4.89. The van der Waals surface area contributed by atoms with Crippen LogP contribution in [-0.2, 0) is 4.74 Å². The van der Waals surface area contributed by atoms with Crippen molar-refractivity contribution in [2.45, 2.75) is 43.8 Å². The predicted octanol–water partition coefficient (Wildman–Crippen LogP) is 1.01. The number of hydrogen-bond donors (Lipinski definition) is 1. The van der Waals surface area contributed by atoms with Crippen molar-refractivity contribution < 1.29 is 9.84 Å². The summed E-state index contributed by atoms with van der Waals surface area (Å²) in [5, 5.41) is 10.2. The van der Waals surface area contributed by atoms with E-state index >= 15 is 0 Å². The average molecular weight is 199 g/mol. The molecule has 1 unspecified atom stereocenters. The fraction of sp³-hybridized carbons (Fsp3) is 1.00. The van der Waals surface area contributed by atoms with Crippen LogP contribution < -0.4 is 0 Å². The van der Waals surface area contributed by atoms with E-state index in [9.17, 15) is 5.11 Å². The summed E-state index contributed by atoms with van der Waals surface area (Å²) in [7, 11) is 1.78. The lowest BCUT2D eigenvalue weighted by Gasteiger charge is -2.28. The minimum atomic E-state index is -0.386. The number of β-amino-alcohol motifs (C(OH)–C–C–N with tert-alkyl or cyclic N) is 1. The first-order valence-electron chi connectivity index (χ1n) is 5.69. The molecule has 1 N–H and O–H groups in total. The lowest BCUT2D eigenvalue weighted by atomic mass is 10.0. The van der Waals surface area contributed by atoms with Crippen molar-refractivity contribution in [3.05, 3.63) is 0 Å². The maximum atomic E-state index is 10.2. The molecule has 3 heteroatoms. The summed E-state index contributed by atoms with van der Waals surface area (Å²) in [6, 6.07) is 0. The standard InChI is InChI=1S/C11H21NO2/c1-14-10-4-7-12(8-10)9-11(13)5-2-3-6-11/h10,13H,2-9H2,1H3. The van der Waals surface area contributed by atoms with Crippen molar-refractivity contribution in [3.63, 3.8) is 0 Å². The largest absolute Gasteiger partial charge is 0.389 e. The number of ether oxygens (including phenoxy) is 1. The number of aliphatic hydroxyl groups is 1. The Morgan fingerprint density at radius 3 is 2.71 bits per heavy atom. The highest BCUT2D eigenvalue weighted by atomic mass is 16.5. The van der Waals surface area contributed by atoms with Gasteiger partial charge in [0.1, 0.15) is 0 Å². The molecule has 0 spiro atoms. The Morgan fingerprint density at radius 2 is 2.14 bits per heavy atom. The highest BCUT2D eigenvalue weighted by Gasteiger charge is 2.35. The van der Waals surface area contributed by atoms with E-state index in [0.29, 0.717) is 6.10 Å². The monoisotopic (exact) mass is 199 g/mol. The Bertz CT molecular complexity index is 190. The summed E-state index contributed by atoms with van der Waals surface area (Å²) in [5.41, 5.74) is -0.386. The molecule has 1 saturated heterocycles. The van der Waals surface area contributed by atoms with Crippen molar-refractivity contribution in [1.29, 1.82) is 0 Å². The van der Waals surface area contributed by atoms with Gasteiger partial charge >= 0.3 is 0 Å². The average Bonchev–Trinajstić information content (AvgIpc) is 2.75. The maximum absolute atomic E-state index is 10.2. The Balaban J connectivity index is 1.80. The van der Waals surface area contributed by atoms with Crippen LogP contribution in [0.3, 0.4) is 0 Å². The molecule has 14 heavy (non-hydrogen) atoms. The summed E-state index contributed by atoms with van der Waals surface area (Å²) >= 11 is 0. The lowest BCUT2D eigenvalue weighted by Crippen LogP contribution is -2.40. The molecule has 2 aliphatic rings. The molecular formula is C11H21NO2. The molecule has 0 radical (unpaired) electrons. The summed E-state index contributed by atoms with van der Waals surface area (Å²) in [4.78, 5) is 2.35. The van der Waals surface area contributed by atoms with E-state index in [1.807, 2.05) is 0 Å². The highest BCUT2D eigenvalue weighted by Crippen LogP contribution is 2.31. The topological polar surface area (TPSA) is 32.7 Å². The van der Waals surface area contributed by atoms with Crippen LogP contribution in [0.1, 0.15) is 32.1 Å². The van der Waals surface area contributed by atoms with Crippen molar-refractivity contribution >= 4 is 0 Å². The van der Waals surface area contributed by atoms with Crippen molar-refractivity contribution in [2.24, 2.45) is 0 Å². The summed E-state index contributed by atoms with van der Waals surface area (Å²) in [6.07, 6.45) is 5.87. The van der Waals surface area contributed by atoms with E-state index < -0.39 is 0 Å². The third-order valence-electron chi connectivity index (χ3n) is 3.61. The zero-order chi connectivity index (χ0) is 10.0. The molecule has 0 bridgehead atoms. The van der Waals surface area contributed by atoms with Gasteiger partial charge in [-0.15, -0.1) is 0 Å². The molecule has 0 aromatic carbocycles. The van der Waals surface area contributed by atoms with Gasteiger partial charge < -0.3 is 9.84 Å². The Morgan fingerprint density at radius 1 is 1.43 bits per heavy atom. The van der Waals surface area contributed by atoms with Crippen LogP contribution in [-0.4, -0.2) is 48.5 Å². The number of hydrogen-bond acceptors (Lipinski definition) is 3. The second-order valence-electron chi connectivity index (χ2n) is 4.81. The van der Waals surface area contributed by atoms with E-state index in [2.05, 4.69) is 4.90 Å². The number of likely N-dealkylation sites (tertiary alicyclic amines) is 1. The van der Waals surface area contributed by atoms with Gasteiger partial charge in [-0.05, 0) is 19.3 Å². The van der Waals surface area contributed by atoms with Gasteiger partial charge in [-0.1, -0.05) is 12.8 Å². The van der Waals surface area contributed by atoms with Crippen LogP contribution in [0.25, 0.3) is 0 Å². The lowest BCUT2D eigenvalue weighted by molar-refractivity contribution is 0.0108. The minimum Gasteiger partial charge on any atom is -0.389 e. The quantitative estimate of drug-likeness (QED) is 0.736. The first-order chi connectivity index (χ1) is 6.72. The van der Waals surface area contributed by atoms with E-state index in [4.69, 9.17) is 4.74 Å². The molecule has 0 amide bonds. The SMILES string of the molecule is COC1CCN(CC2(O)CCCC2)C1. The first-order valence-corrected chi connectivity index (χ1v) is 5.69. The smallest absolute Gasteiger partial charge is 0.0774 e. The minimum absolute atomic E-state index is 0.386. The fourth-order valence-electron chi connectivity index (χ4n) is 2.74. The molecule has 1 aliphatic carbocycles. The van der Waals surface area contributed by atoms with Crippen LogP contribution in [0.15, 0.2) is 0 Å². The van der Waals surface area contributed by atoms with E-state index in [-0.39, 0.29) is 5.60 Å². The van der Waals surface area contributed by atoms with Crippen molar-refractivity contribution in [2.75, 3.05) is 26.7 Å². The molecule has 1 heterocycles. The molecule has 3 nitrogen and oxygen atoms in total. The molecule has 2 rings (SSSR count). The Kier molecular flexibility index (Phi) is 3.10. The molecule has 82 valence electrons. The number of nitrogens with zero attached hydrogens (tertiary/aromatic N) is 1. The van der Waals surface area contributed by atoms with Crippen LogP contribution in [0.5, 0.6) is 0 Å². The van der Waals surface area contributed by atoms with Gasteiger partial charge in [-0.3, -0.25) is 4.90 Å². The van der Waals surface area contributed by atoms with Gasteiger partial charge in [0.15, 0.2) is 0 Å². The van der Waals surface area contributed by atoms with Crippen LogP contribution in [0.2, 0.25) is 0 Å². The van der Waals surface area contributed by atoms with E-state index in [1.54, 1.807) is 7.11 Å². The van der Waals surface area contributed by atoms with Crippen LogP contribution >= 0.6 is 0 Å². The van der Waals surface area contributed by atoms with E-state index in [1.165, 1.54) is 12.8 Å². The van der Waals surface area contributed by atoms with Crippen LogP contribution in [0, 0.1) is 0 Å². The molecule has 0 aromatic heterocycles. The van der Waals surface area contributed by atoms with E-state index in [0.717, 1.165) is 38.9 Å². The molecule has 1 atom stereocenters.